The molecule has 0 heterocycles. The minimum absolute atomic E-state index is 0.0395. The highest BCUT2D eigenvalue weighted by Crippen LogP contribution is 2.64. The summed E-state index contributed by atoms with van der Waals surface area (Å²) in [5.41, 5.74) is 1.12. The summed E-state index contributed by atoms with van der Waals surface area (Å²) < 4.78 is 52.7. The minimum atomic E-state index is -4.31. The lowest BCUT2D eigenvalue weighted by Gasteiger charge is -2.31. The third-order valence-electron chi connectivity index (χ3n) is 4.55. The van der Waals surface area contributed by atoms with Crippen LogP contribution in [0.3, 0.4) is 0 Å². The first kappa shape index (κ1) is 16.0. The predicted octanol–water partition coefficient (Wildman–Crippen LogP) is 4.26. The molecule has 0 N–H and O–H groups in total. The van der Waals surface area contributed by atoms with Crippen molar-refractivity contribution in [1.29, 1.82) is 0 Å². The average Bonchev–Trinajstić information content (AvgIpc) is 3.10. The van der Waals surface area contributed by atoms with E-state index >= 15 is 0 Å². The molecule has 2 aliphatic carbocycles. The Balaban J connectivity index is 1.95. The van der Waals surface area contributed by atoms with Gasteiger partial charge in [0.2, 0.25) is 0 Å². The Labute approximate surface area is 131 Å². The number of fused-ring (bicyclic) bond motifs is 3. The molecule has 0 saturated heterocycles. The maximum absolute atomic E-state index is 12.9. The number of benzene rings is 1. The zero-order valence-electron chi connectivity index (χ0n) is 13.1. The third-order valence-corrected chi connectivity index (χ3v) is 6.35. The Morgan fingerprint density at radius 1 is 1.18 bits per heavy atom. The molecule has 22 heavy (non-hydrogen) atoms. The van der Waals surface area contributed by atoms with Gasteiger partial charge in [-0.3, -0.25) is 0 Å². The van der Waals surface area contributed by atoms with E-state index in [9.17, 15) is 17.4 Å². The summed E-state index contributed by atoms with van der Waals surface area (Å²) in [5, 5.41) is 0. The first-order valence-electron chi connectivity index (χ1n) is 7.37. The number of hydrogen-bond donors (Lipinski definition) is 0. The molecular weight excluding hydrogens is 311 g/mol. The Hall–Kier alpha value is -0.880. The van der Waals surface area contributed by atoms with Crippen LogP contribution < -0.4 is 0 Å². The fourth-order valence-corrected chi connectivity index (χ4v) is 4.83. The number of halogens is 3. The second kappa shape index (κ2) is 4.81. The van der Waals surface area contributed by atoms with Crippen LogP contribution in [0.2, 0.25) is 0 Å². The SMILES string of the molecule is CN([C@@H]1c2ccc(C(F)(F)F)cc2[C@H]2C[C@H]21)[S@@](=O)C(C)(C)C. The Kier molecular flexibility index (Phi) is 3.49. The highest BCUT2D eigenvalue weighted by atomic mass is 32.2. The van der Waals surface area contributed by atoms with E-state index in [1.807, 2.05) is 32.1 Å². The average molecular weight is 331 g/mol. The lowest BCUT2D eigenvalue weighted by molar-refractivity contribution is -0.137. The Morgan fingerprint density at radius 2 is 1.82 bits per heavy atom. The summed E-state index contributed by atoms with van der Waals surface area (Å²) in [6.07, 6.45) is -3.41. The fourth-order valence-electron chi connectivity index (χ4n) is 3.49. The van der Waals surface area contributed by atoms with Crippen LogP contribution in [0.4, 0.5) is 13.2 Å². The van der Waals surface area contributed by atoms with Crippen molar-refractivity contribution in [2.45, 2.75) is 50.1 Å². The van der Waals surface area contributed by atoms with Crippen molar-refractivity contribution in [1.82, 2.24) is 4.31 Å². The van der Waals surface area contributed by atoms with Crippen molar-refractivity contribution in [2.75, 3.05) is 7.05 Å². The fraction of sp³-hybridized carbons (Fsp3) is 0.625. The number of nitrogens with zero attached hydrogens (tertiary/aromatic N) is 1. The van der Waals surface area contributed by atoms with E-state index in [-0.39, 0.29) is 16.7 Å². The molecule has 0 bridgehead atoms. The molecule has 0 spiro atoms. The molecule has 1 saturated carbocycles. The largest absolute Gasteiger partial charge is 0.416 e. The molecule has 0 radical (unpaired) electrons. The van der Waals surface area contributed by atoms with Gasteiger partial charge in [0.25, 0.3) is 0 Å². The van der Waals surface area contributed by atoms with E-state index in [0.29, 0.717) is 5.92 Å². The first-order valence-corrected chi connectivity index (χ1v) is 8.48. The molecule has 0 amide bonds. The zero-order chi connectivity index (χ0) is 16.4. The van der Waals surface area contributed by atoms with Crippen molar-refractivity contribution in [2.24, 2.45) is 5.92 Å². The van der Waals surface area contributed by atoms with E-state index in [0.717, 1.165) is 23.6 Å². The van der Waals surface area contributed by atoms with Gasteiger partial charge in [0.15, 0.2) is 0 Å². The van der Waals surface area contributed by atoms with Gasteiger partial charge in [-0.05, 0) is 62.3 Å². The predicted molar refractivity (Wildman–Crippen MR) is 80.7 cm³/mol. The van der Waals surface area contributed by atoms with Gasteiger partial charge in [0.1, 0.15) is 11.0 Å². The highest BCUT2D eigenvalue weighted by Gasteiger charge is 2.55. The van der Waals surface area contributed by atoms with Crippen molar-refractivity contribution in [3.8, 4) is 0 Å². The zero-order valence-corrected chi connectivity index (χ0v) is 13.9. The first-order chi connectivity index (χ1) is 10.0. The van der Waals surface area contributed by atoms with Crippen LogP contribution in [0.25, 0.3) is 0 Å². The minimum Gasteiger partial charge on any atom is -0.242 e. The van der Waals surface area contributed by atoms with E-state index in [1.54, 1.807) is 6.07 Å². The lowest BCUT2D eigenvalue weighted by Crippen LogP contribution is -2.37. The molecule has 0 unspecified atom stereocenters. The summed E-state index contributed by atoms with van der Waals surface area (Å²) in [5.74, 6) is 0.497. The van der Waals surface area contributed by atoms with E-state index in [2.05, 4.69) is 0 Å². The second-order valence-electron chi connectivity index (χ2n) is 7.20. The smallest absolute Gasteiger partial charge is 0.242 e. The van der Waals surface area contributed by atoms with Crippen LogP contribution in [0.15, 0.2) is 18.2 Å². The van der Waals surface area contributed by atoms with E-state index < -0.39 is 22.7 Å². The molecule has 4 atom stereocenters. The maximum atomic E-state index is 12.9. The normalized spacial score (nSPS) is 28.5. The van der Waals surface area contributed by atoms with Crippen LogP contribution >= 0.6 is 0 Å². The summed E-state index contributed by atoms with van der Waals surface area (Å²) in [4.78, 5) is 0. The van der Waals surface area contributed by atoms with Gasteiger partial charge in [0.05, 0.1) is 16.4 Å². The molecule has 0 aliphatic heterocycles. The summed E-state index contributed by atoms with van der Waals surface area (Å²) in [7, 11) is 0.629. The van der Waals surface area contributed by atoms with E-state index in [4.69, 9.17) is 0 Å². The van der Waals surface area contributed by atoms with E-state index in [1.165, 1.54) is 6.07 Å². The maximum Gasteiger partial charge on any atom is 0.416 e. The molecule has 122 valence electrons. The highest BCUT2D eigenvalue weighted by molar-refractivity contribution is 7.84. The standard InChI is InChI=1S/C16H20F3NOS/c1-15(2,3)22(21)20(4)14-10-6-5-9(16(17,18)19)7-11(10)12-8-13(12)14/h5-7,12-14H,8H2,1-4H3/t12-,13-,14-,22+/m1/s1. The summed E-state index contributed by atoms with van der Waals surface area (Å²) >= 11 is 0. The number of rotatable bonds is 2. The van der Waals surface area contributed by atoms with Gasteiger partial charge in [-0.25, -0.2) is 8.51 Å². The molecule has 1 aromatic rings. The topological polar surface area (TPSA) is 20.3 Å². The van der Waals surface area contributed by atoms with Crippen LogP contribution in [-0.4, -0.2) is 20.3 Å². The Bertz CT molecular complexity index is 635. The van der Waals surface area contributed by atoms with Crippen LogP contribution in [0.5, 0.6) is 0 Å². The van der Waals surface area contributed by atoms with Gasteiger partial charge in [-0.2, -0.15) is 13.2 Å². The van der Waals surface area contributed by atoms with Crippen LogP contribution in [0.1, 0.15) is 55.8 Å². The van der Waals surface area contributed by atoms with Crippen molar-refractivity contribution in [3.05, 3.63) is 34.9 Å². The van der Waals surface area contributed by atoms with Crippen molar-refractivity contribution >= 4 is 11.0 Å². The molecule has 1 fully saturated rings. The Morgan fingerprint density at radius 3 is 2.36 bits per heavy atom. The molecule has 1 aromatic carbocycles. The second-order valence-corrected chi connectivity index (χ2v) is 9.50. The van der Waals surface area contributed by atoms with Gasteiger partial charge >= 0.3 is 6.18 Å². The molecule has 0 aromatic heterocycles. The van der Waals surface area contributed by atoms with Gasteiger partial charge in [0, 0.05) is 7.05 Å². The van der Waals surface area contributed by atoms with Gasteiger partial charge < -0.3 is 0 Å². The third kappa shape index (κ3) is 2.50. The van der Waals surface area contributed by atoms with Gasteiger partial charge in [-0.15, -0.1) is 0 Å². The molecule has 2 aliphatic rings. The molecule has 3 rings (SSSR count). The number of hydrogen-bond acceptors (Lipinski definition) is 1. The molecular formula is C16H20F3NOS. The van der Waals surface area contributed by atoms with Gasteiger partial charge in [-0.1, -0.05) is 6.07 Å². The van der Waals surface area contributed by atoms with Crippen LogP contribution in [0, 0.1) is 5.92 Å². The lowest BCUT2D eigenvalue weighted by atomic mass is 10.00. The molecule has 6 heteroatoms. The number of alkyl halides is 3. The monoisotopic (exact) mass is 331 g/mol. The molecule has 2 nitrogen and oxygen atoms in total. The van der Waals surface area contributed by atoms with Crippen molar-refractivity contribution in [3.63, 3.8) is 0 Å². The summed E-state index contributed by atoms with van der Waals surface area (Å²) in [6, 6.07) is 3.96. The quantitative estimate of drug-likeness (QED) is 0.793. The summed E-state index contributed by atoms with van der Waals surface area (Å²) in [6.45, 7) is 5.73. The van der Waals surface area contributed by atoms with Crippen molar-refractivity contribution < 1.29 is 17.4 Å². The van der Waals surface area contributed by atoms with Crippen LogP contribution in [-0.2, 0) is 17.2 Å².